The minimum atomic E-state index is 0.171. The monoisotopic (exact) mass is 279 g/mol. The van der Waals surface area contributed by atoms with Gasteiger partial charge in [0.2, 0.25) is 5.91 Å². The Kier molecular flexibility index (Phi) is 6.24. The molecule has 4 nitrogen and oxygen atoms in total. The SMILES string of the molecule is CC.CC.CC(=O)N1CCc2c(c(C)nn2C2CC2)C1. The van der Waals surface area contributed by atoms with E-state index in [0.717, 1.165) is 25.2 Å². The van der Waals surface area contributed by atoms with Crippen LogP contribution in [0.15, 0.2) is 0 Å². The summed E-state index contributed by atoms with van der Waals surface area (Å²) in [7, 11) is 0. The second-order valence-electron chi connectivity index (χ2n) is 4.88. The smallest absolute Gasteiger partial charge is 0.219 e. The minimum Gasteiger partial charge on any atom is -0.338 e. The van der Waals surface area contributed by atoms with Crippen LogP contribution in [0.1, 0.15) is 70.5 Å². The Balaban J connectivity index is 0.000000461. The Labute approximate surface area is 123 Å². The van der Waals surface area contributed by atoms with E-state index >= 15 is 0 Å². The molecule has 0 N–H and O–H groups in total. The number of aromatic nitrogens is 2. The van der Waals surface area contributed by atoms with Crippen molar-refractivity contribution in [1.82, 2.24) is 14.7 Å². The molecule has 2 heterocycles. The first-order valence-electron chi connectivity index (χ1n) is 7.99. The molecule has 1 aromatic heterocycles. The van der Waals surface area contributed by atoms with E-state index in [4.69, 9.17) is 0 Å². The van der Waals surface area contributed by atoms with Crippen LogP contribution in [0.2, 0.25) is 0 Å². The van der Waals surface area contributed by atoms with Crippen LogP contribution in [0.25, 0.3) is 0 Å². The van der Waals surface area contributed by atoms with Gasteiger partial charge in [-0.05, 0) is 19.8 Å². The van der Waals surface area contributed by atoms with Crippen LogP contribution in [-0.2, 0) is 17.8 Å². The summed E-state index contributed by atoms with van der Waals surface area (Å²) in [5, 5.41) is 4.63. The van der Waals surface area contributed by atoms with Gasteiger partial charge in [-0.2, -0.15) is 5.10 Å². The van der Waals surface area contributed by atoms with Crippen LogP contribution in [0.4, 0.5) is 0 Å². The van der Waals surface area contributed by atoms with Gasteiger partial charge in [-0.25, -0.2) is 0 Å². The zero-order valence-electron chi connectivity index (χ0n) is 13.9. The molecule has 1 aliphatic heterocycles. The van der Waals surface area contributed by atoms with Crippen LogP contribution in [0.5, 0.6) is 0 Å². The van der Waals surface area contributed by atoms with Crippen molar-refractivity contribution in [3.8, 4) is 0 Å². The third kappa shape index (κ3) is 3.41. The van der Waals surface area contributed by atoms with E-state index in [-0.39, 0.29) is 5.91 Å². The lowest BCUT2D eigenvalue weighted by molar-refractivity contribution is -0.129. The van der Waals surface area contributed by atoms with Crippen molar-refractivity contribution >= 4 is 5.91 Å². The average molecular weight is 279 g/mol. The first-order valence-corrected chi connectivity index (χ1v) is 7.99. The molecule has 2 aliphatic rings. The van der Waals surface area contributed by atoms with Gasteiger partial charge in [0.05, 0.1) is 11.7 Å². The zero-order valence-corrected chi connectivity index (χ0v) is 13.9. The van der Waals surface area contributed by atoms with E-state index in [1.807, 2.05) is 32.6 Å². The van der Waals surface area contributed by atoms with Crippen molar-refractivity contribution in [1.29, 1.82) is 0 Å². The molecule has 0 bridgehead atoms. The molecule has 20 heavy (non-hydrogen) atoms. The van der Waals surface area contributed by atoms with Gasteiger partial charge in [-0.3, -0.25) is 9.48 Å². The van der Waals surface area contributed by atoms with Crippen LogP contribution >= 0.6 is 0 Å². The standard InChI is InChI=1S/C12H17N3O.2C2H6/c1-8-11-7-14(9(2)16)6-5-12(11)15(13-8)10-3-4-10;2*1-2/h10H,3-7H2,1-2H3;2*1-2H3. The van der Waals surface area contributed by atoms with Gasteiger partial charge in [0, 0.05) is 37.7 Å². The Bertz CT molecular complexity index is 447. The van der Waals surface area contributed by atoms with Gasteiger partial charge < -0.3 is 4.90 Å². The third-order valence-corrected chi connectivity index (χ3v) is 3.62. The highest BCUT2D eigenvalue weighted by atomic mass is 16.2. The molecule has 0 spiro atoms. The maximum Gasteiger partial charge on any atom is 0.219 e. The predicted octanol–water partition coefficient (Wildman–Crippen LogP) is 3.48. The topological polar surface area (TPSA) is 38.1 Å². The van der Waals surface area contributed by atoms with E-state index in [1.54, 1.807) is 6.92 Å². The third-order valence-electron chi connectivity index (χ3n) is 3.62. The number of hydrogen-bond acceptors (Lipinski definition) is 2. The van der Waals surface area contributed by atoms with Crippen LogP contribution in [0.3, 0.4) is 0 Å². The number of hydrogen-bond donors (Lipinski definition) is 0. The van der Waals surface area contributed by atoms with Crippen LogP contribution in [0, 0.1) is 6.92 Å². The fourth-order valence-electron chi connectivity index (χ4n) is 2.50. The Hall–Kier alpha value is -1.32. The molecule has 1 saturated carbocycles. The fraction of sp³-hybridized carbons (Fsp3) is 0.750. The van der Waals surface area contributed by atoms with Gasteiger partial charge >= 0.3 is 0 Å². The number of fused-ring (bicyclic) bond motifs is 1. The molecule has 0 unspecified atom stereocenters. The number of aryl methyl sites for hydroxylation is 1. The number of carbonyl (C=O) groups is 1. The number of rotatable bonds is 1. The number of nitrogens with zero attached hydrogens (tertiary/aromatic N) is 3. The number of amides is 1. The molecule has 0 radical (unpaired) electrons. The summed E-state index contributed by atoms with van der Waals surface area (Å²) in [6.07, 6.45) is 3.50. The van der Waals surface area contributed by atoms with E-state index in [9.17, 15) is 4.79 Å². The van der Waals surface area contributed by atoms with E-state index in [0.29, 0.717) is 6.04 Å². The lowest BCUT2D eigenvalue weighted by atomic mass is 10.1. The normalized spacial score (nSPS) is 16.4. The summed E-state index contributed by atoms with van der Waals surface area (Å²) >= 11 is 0. The molecular weight excluding hydrogens is 250 g/mol. The van der Waals surface area contributed by atoms with Gasteiger partial charge in [-0.15, -0.1) is 0 Å². The molecule has 0 saturated heterocycles. The quantitative estimate of drug-likeness (QED) is 0.789. The molecule has 1 aliphatic carbocycles. The zero-order chi connectivity index (χ0) is 15.3. The molecule has 1 aromatic rings. The lowest BCUT2D eigenvalue weighted by Gasteiger charge is -2.26. The maximum atomic E-state index is 11.4. The minimum absolute atomic E-state index is 0.171. The second-order valence-corrected chi connectivity index (χ2v) is 4.88. The first-order chi connectivity index (χ1) is 9.66. The van der Waals surface area contributed by atoms with Crippen LogP contribution < -0.4 is 0 Å². The molecule has 4 heteroatoms. The van der Waals surface area contributed by atoms with Crippen molar-refractivity contribution < 1.29 is 4.79 Å². The summed E-state index contributed by atoms with van der Waals surface area (Å²) < 4.78 is 2.21. The molecule has 3 rings (SSSR count). The summed E-state index contributed by atoms with van der Waals surface area (Å²) in [6, 6.07) is 0.645. The maximum absolute atomic E-state index is 11.4. The molecular formula is C16H29N3O. The van der Waals surface area contributed by atoms with E-state index < -0.39 is 0 Å². The van der Waals surface area contributed by atoms with Gasteiger partial charge in [0.15, 0.2) is 0 Å². The lowest BCUT2D eigenvalue weighted by Crippen LogP contribution is -2.34. The molecule has 1 amide bonds. The van der Waals surface area contributed by atoms with E-state index in [1.165, 1.54) is 24.1 Å². The largest absolute Gasteiger partial charge is 0.338 e. The van der Waals surface area contributed by atoms with Gasteiger partial charge in [0.1, 0.15) is 0 Å². The molecule has 114 valence electrons. The second kappa shape index (κ2) is 7.46. The molecule has 1 fully saturated rings. The van der Waals surface area contributed by atoms with Crippen LogP contribution in [-0.4, -0.2) is 27.1 Å². The fourth-order valence-corrected chi connectivity index (χ4v) is 2.50. The average Bonchev–Trinajstić information content (AvgIpc) is 3.28. The van der Waals surface area contributed by atoms with Crippen molar-refractivity contribution in [3.05, 3.63) is 17.0 Å². The molecule has 0 aromatic carbocycles. The van der Waals surface area contributed by atoms with Crippen molar-refractivity contribution in [2.75, 3.05) is 6.54 Å². The van der Waals surface area contributed by atoms with E-state index in [2.05, 4.69) is 16.7 Å². The summed E-state index contributed by atoms with van der Waals surface area (Å²) in [4.78, 5) is 13.3. The summed E-state index contributed by atoms with van der Waals surface area (Å²) in [6.45, 7) is 13.3. The predicted molar refractivity (Wildman–Crippen MR) is 82.7 cm³/mol. The number of carbonyl (C=O) groups excluding carboxylic acids is 1. The highest BCUT2D eigenvalue weighted by molar-refractivity contribution is 5.73. The van der Waals surface area contributed by atoms with Crippen molar-refractivity contribution in [2.45, 2.75) is 73.4 Å². The first kappa shape index (κ1) is 16.7. The van der Waals surface area contributed by atoms with Gasteiger partial charge in [0.25, 0.3) is 0 Å². The summed E-state index contributed by atoms with van der Waals surface area (Å²) in [5.74, 6) is 0.171. The van der Waals surface area contributed by atoms with Crippen molar-refractivity contribution in [3.63, 3.8) is 0 Å². The summed E-state index contributed by atoms with van der Waals surface area (Å²) in [5.41, 5.74) is 3.76. The van der Waals surface area contributed by atoms with Crippen molar-refractivity contribution in [2.24, 2.45) is 0 Å². The van der Waals surface area contributed by atoms with Gasteiger partial charge in [-0.1, -0.05) is 27.7 Å². The molecule has 0 atom stereocenters. The Morgan fingerprint density at radius 2 is 1.80 bits per heavy atom. The highest BCUT2D eigenvalue weighted by Crippen LogP contribution is 2.37. The Morgan fingerprint density at radius 3 is 2.30 bits per heavy atom. The Morgan fingerprint density at radius 1 is 1.20 bits per heavy atom. The highest BCUT2D eigenvalue weighted by Gasteiger charge is 2.31.